The van der Waals surface area contributed by atoms with Crippen molar-refractivity contribution in [3.63, 3.8) is 0 Å². The Morgan fingerprint density at radius 3 is 2.22 bits per heavy atom. The number of nitrogens with two attached hydrogens (primary N) is 1. The standard InChI is InChI=1S/C23H24FN5O2.C5H8O/c1-15(13-31-19(24)16-9-5-3-6-10-16)21-27-18-20(25)26-14-29(22(18)28-21)23(30-2)17-11-7-4-8-12-17;1-2-5-3-4(1)6-5/h3-12,14-15,19,23H,13,25H2,1-2H3;4-5H,1-3H2. The number of halogens is 1. The second-order valence-corrected chi connectivity index (χ2v) is 9.44. The molecule has 2 saturated heterocycles. The van der Waals surface area contributed by atoms with Gasteiger partial charge in [-0.1, -0.05) is 67.6 Å². The second-order valence-electron chi connectivity index (χ2n) is 9.44. The van der Waals surface area contributed by atoms with Crippen molar-refractivity contribution < 1.29 is 18.6 Å². The number of fused-ring (bicyclic) bond motifs is 2. The van der Waals surface area contributed by atoms with E-state index in [1.54, 1.807) is 42.3 Å². The molecule has 1 saturated carbocycles. The first kappa shape index (κ1) is 25.3. The molecule has 7 rings (SSSR count). The van der Waals surface area contributed by atoms with Crippen LogP contribution in [0.5, 0.6) is 0 Å². The van der Waals surface area contributed by atoms with Crippen molar-refractivity contribution in [1.82, 2.24) is 19.5 Å². The monoisotopic (exact) mass is 505 g/mol. The molecule has 0 spiro atoms. The SMILES string of the molecule is C1CC2CC1O2.COC(c1ccccc1)n1cnc(N)c2nc(C(C)COC(F)c3ccccc3)nc1-2. The van der Waals surface area contributed by atoms with Gasteiger partial charge in [0.15, 0.2) is 23.6 Å². The van der Waals surface area contributed by atoms with Gasteiger partial charge < -0.3 is 19.9 Å². The number of rotatable bonds is 8. The maximum Gasteiger partial charge on any atom is 0.225 e. The van der Waals surface area contributed by atoms with E-state index < -0.39 is 12.6 Å². The van der Waals surface area contributed by atoms with Crippen LogP contribution in [0.3, 0.4) is 0 Å². The molecule has 2 bridgehead atoms. The molecule has 4 aliphatic heterocycles. The third-order valence-corrected chi connectivity index (χ3v) is 6.74. The first-order chi connectivity index (χ1) is 18.0. The van der Waals surface area contributed by atoms with Gasteiger partial charge in [-0.05, 0) is 19.3 Å². The largest absolute Gasteiger partial charge is 0.382 e. The van der Waals surface area contributed by atoms with Crippen molar-refractivity contribution in [2.75, 3.05) is 19.5 Å². The number of alkyl halides is 1. The van der Waals surface area contributed by atoms with Crippen LogP contribution in [0.15, 0.2) is 67.0 Å². The van der Waals surface area contributed by atoms with Gasteiger partial charge in [-0.2, -0.15) is 0 Å². The summed E-state index contributed by atoms with van der Waals surface area (Å²) in [6, 6.07) is 18.5. The molecule has 5 aliphatic rings. The number of imidazole rings is 1. The second kappa shape index (κ2) is 11.3. The average Bonchev–Trinajstić information content (AvgIpc) is 3.68. The highest BCUT2D eigenvalue weighted by Crippen LogP contribution is 2.36. The van der Waals surface area contributed by atoms with Crippen molar-refractivity contribution in [1.29, 1.82) is 0 Å². The van der Waals surface area contributed by atoms with Crippen LogP contribution in [0.4, 0.5) is 10.2 Å². The van der Waals surface area contributed by atoms with Gasteiger partial charge in [0, 0.05) is 24.2 Å². The minimum atomic E-state index is -1.51. The number of nitrogen functional groups attached to an aromatic ring is 1. The first-order valence-corrected chi connectivity index (χ1v) is 12.6. The molecule has 9 heteroatoms. The minimum absolute atomic E-state index is 0.117. The smallest absolute Gasteiger partial charge is 0.225 e. The lowest BCUT2D eigenvalue weighted by molar-refractivity contribution is -0.0647. The predicted molar refractivity (Wildman–Crippen MR) is 138 cm³/mol. The Kier molecular flexibility index (Phi) is 7.73. The van der Waals surface area contributed by atoms with Crippen LogP contribution in [0.1, 0.15) is 61.6 Å². The first-order valence-electron chi connectivity index (χ1n) is 12.6. The Hall–Kier alpha value is -3.40. The zero-order chi connectivity index (χ0) is 25.8. The Labute approximate surface area is 216 Å². The molecule has 37 heavy (non-hydrogen) atoms. The average molecular weight is 506 g/mol. The molecule has 2 aromatic rings. The number of aromatic nitrogens is 4. The van der Waals surface area contributed by atoms with Crippen molar-refractivity contribution in [2.45, 2.75) is 56.9 Å². The fourth-order valence-electron chi connectivity index (χ4n) is 4.66. The van der Waals surface area contributed by atoms with E-state index in [9.17, 15) is 4.39 Å². The summed E-state index contributed by atoms with van der Waals surface area (Å²) in [7, 11) is 1.62. The summed E-state index contributed by atoms with van der Waals surface area (Å²) >= 11 is 0. The zero-order valence-electron chi connectivity index (χ0n) is 21.0. The lowest BCUT2D eigenvalue weighted by Gasteiger charge is -2.23. The van der Waals surface area contributed by atoms with Gasteiger partial charge in [0.2, 0.25) is 6.36 Å². The number of hydrogen-bond donors (Lipinski definition) is 1. The summed E-state index contributed by atoms with van der Waals surface area (Å²) in [5.41, 5.74) is 7.94. The third kappa shape index (κ3) is 5.64. The van der Waals surface area contributed by atoms with E-state index in [4.69, 9.17) is 19.9 Å². The van der Waals surface area contributed by atoms with Crippen LogP contribution in [0, 0.1) is 0 Å². The molecule has 1 aliphatic carbocycles. The summed E-state index contributed by atoms with van der Waals surface area (Å²) in [6.45, 7) is 2.00. The van der Waals surface area contributed by atoms with Gasteiger partial charge in [-0.3, -0.25) is 4.57 Å². The highest BCUT2D eigenvalue weighted by atomic mass is 19.1. The lowest BCUT2D eigenvalue weighted by atomic mass is 10.2. The highest BCUT2D eigenvalue weighted by molar-refractivity contribution is 5.65. The summed E-state index contributed by atoms with van der Waals surface area (Å²) in [6.07, 6.45) is 5.05. The molecule has 5 atom stereocenters. The third-order valence-electron chi connectivity index (χ3n) is 6.74. The number of hydrogen-bond acceptors (Lipinski definition) is 7. The maximum absolute atomic E-state index is 14.4. The molecule has 4 heterocycles. The van der Waals surface area contributed by atoms with E-state index in [1.165, 1.54) is 19.3 Å². The minimum Gasteiger partial charge on any atom is -0.382 e. The normalized spacial score (nSPS) is 20.5. The van der Waals surface area contributed by atoms with E-state index in [1.807, 2.05) is 43.3 Å². The predicted octanol–water partition coefficient (Wildman–Crippen LogP) is 5.28. The van der Waals surface area contributed by atoms with E-state index in [0.29, 0.717) is 35.1 Å². The lowest BCUT2D eigenvalue weighted by Crippen LogP contribution is -2.25. The summed E-state index contributed by atoms with van der Waals surface area (Å²) in [4.78, 5) is 13.5. The summed E-state index contributed by atoms with van der Waals surface area (Å²) in [5.74, 6) is 1.07. The Bertz CT molecular complexity index is 1240. The number of anilines is 1. The number of benzene rings is 2. The maximum atomic E-state index is 14.4. The van der Waals surface area contributed by atoms with Gasteiger partial charge in [-0.15, -0.1) is 0 Å². The van der Waals surface area contributed by atoms with Gasteiger partial charge >= 0.3 is 0 Å². The van der Waals surface area contributed by atoms with Gasteiger partial charge in [-0.25, -0.2) is 19.3 Å². The molecule has 0 aromatic heterocycles. The molecular weight excluding hydrogens is 473 g/mol. The summed E-state index contributed by atoms with van der Waals surface area (Å²) in [5, 5.41) is 0. The topological polar surface area (TPSA) is 97.3 Å². The van der Waals surface area contributed by atoms with Gasteiger partial charge in [0.1, 0.15) is 12.2 Å². The van der Waals surface area contributed by atoms with E-state index >= 15 is 0 Å². The molecule has 194 valence electrons. The molecule has 2 aromatic carbocycles. The number of methoxy groups -OCH3 is 1. The van der Waals surface area contributed by atoms with Crippen LogP contribution < -0.4 is 5.73 Å². The van der Waals surface area contributed by atoms with Crippen molar-refractivity contribution in [2.24, 2.45) is 0 Å². The van der Waals surface area contributed by atoms with Crippen LogP contribution >= 0.6 is 0 Å². The highest BCUT2D eigenvalue weighted by Gasteiger charge is 2.36. The Morgan fingerprint density at radius 1 is 1.03 bits per heavy atom. The summed E-state index contributed by atoms with van der Waals surface area (Å²) < 4.78 is 32.5. The van der Waals surface area contributed by atoms with Gasteiger partial charge in [0.25, 0.3) is 0 Å². The van der Waals surface area contributed by atoms with Crippen LogP contribution in [0.25, 0.3) is 11.5 Å². The molecule has 2 N–H and O–H groups in total. The van der Waals surface area contributed by atoms with Crippen LogP contribution in [-0.2, 0) is 14.2 Å². The number of nitrogens with zero attached hydrogens (tertiary/aromatic N) is 4. The Balaban J connectivity index is 0.000000403. The van der Waals surface area contributed by atoms with E-state index in [0.717, 1.165) is 5.56 Å². The molecule has 3 fully saturated rings. The molecule has 0 radical (unpaired) electrons. The van der Waals surface area contributed by atoms with Crippen molar-refractivity contribution >= 4 is 5.82 Å². The molecule has 5 unspecified atom stereocenters. The quantitative estimate of drug-likeness (QED) is 0.348. The van der Waals surface area contributed by atoms with Gasteiger partial charge in [0.05, 0.1) is 18.8 Å². The molecule has 0 amide bonds. The van der Waals surface area contributed by atoms with E-state index in [2.05, 4.69) is 15.0 Å². The van der Waals surface area contributed by atoms with Crippen molar-refractivity contribution in [3.05, 3.63) is 83.9 Å². The number of ether oxygens (including phenoxy) is 3. The fourth-order valence-corrected chi connectivity index (χ4v) is 4.66. The Morgan fingerprint density at radius 2 is 1.65 bits per heavy atom. The molecule has 8 nitrogen and oxygen atoms in total. The van der Waals surface area contributed by atoms with Crippen LogP contribution in [-0.4, -0.2) is 45.4 Å². The fraction of sp³-hybridized carbons (Fsp3) is 0.393. The van der Waals surface area contributed by atoms with Crippen LogP contribution in [0.2, 0.25) is 0 Å². The zero-order valence-corrected chi connectivity index (χ0v) is 21.0. The van der Waals surface area contributed by atoms with Crippen molar-refractivity contribution in [3.8, 4) is 11.5 Å². The van der Waals surface area contributed by atoms with E-state index in [-0.39, 0.29) is 18.3 Å². The molecular formula is C28H32FN5O3.